The topological polar surface area (TPSA) is 55.8 Å². The summed E-state index contributed by atoms with van der Waals surface area (Å²) in [6, 6.07) is 6.88. The quantitative estimate of drug-likeness (QED) is 0.777. The highest BCUT2D eigenvalue weighted by Gasteiger charge is 2.28. The van der Waals surface area contributed by atoms with Crippen molar-refractivity contribution in [3.63, 3.8) is 0 Å². The first-order valence-electron chi connectivity index (χ1n) is 6.21. The predicted molar refractivity (Wildman–Crippen MR) is 70.2 cm³/mol. The molecule has 0 aromatic heterocycles. The van der Waals surface area contributed by atoms with Crippen LogP contribution in [0.15, 0.2) is 24.3 Å². The highest BCUT2D eigenvalue weighted by atomic mass is 16.5. The zero-order valence-corrected chi connectivity index (χ0v) is 11.1. The summed E-state index contributed by atoms with van der Waals surface area (Å²) < 4.78 is 10.1. The third-order valence-corrected chi connectivity index (χ3v) is 3.21. The second-order valence-corrected chi connectivity index (χ2v) is 4.41. The Morgan fingerprint density at radius 1 is 1.37 bits per heavy atom. The number of carbonyl (C=O) groups is 2. The van der Waals surface area contributed by atoms with Crippen molar-refractivity contribution in [2.24, 2.45) is 0 Å². The maximum Gasteiger partial charge on any atom is 0.339 e. The molecule has 1 atom stereocenters. The van der Waals surface area contributed by atoms with Crippen LogP contribution < -0.4 is 4.90 Å². The van der Waals surface area contributed by atoms with Gasteiger partial charge in [-0.15, -0.1) is 0 Å². The van der Waals surface area contributed by atoms with Crippen molar-refractivity contribution in [3.8, 4) is 0 Å². The van der Waals surface area contributed by atoms with Crippen LogP contribution in [0.3, 0.4) is 0 Å². The zero-order valence-electron chi connectivity index (χ0n) is 11.1. The molecule has 1 unspecified atom stereocenters. The number of esters is 1. The first-order valence-corrected chi connectivity index (χ1v) is 6.21. The molecule has 0 bridgehead atoms. The van der Waals surface area contributed by atoms with E-state index in [-0.39, 0.29) is 5.91 Å². The molecule has 19 heavy (non-hydrogen) atoms. The van der Waals surface area contributed by atoms with Gasteiger partial charge in [0.05, 0.1) is 18.4 Å². The number of hydrogen-bond donors (Lipinski definition) is 0. The number of ether oxygens (including phenoxy) is 2. The molecule has 0 spiro atoms. The Morgan fingerprint density at radius 2 is 2.11 bits per heavy atom. The smallest absolute Gasteiger partial charge is 0.339 e. The maximum atomic E-state index is 12.3. The predicted octanol–water partition coefficient (Wildman–Crippen LogP) is 1.61. The summed E-state index contributed by atoms with van der Waals surface area (Å²) >= 11 is 0. The van der Waals surface area contributed by atoms with E-state index in [1.165, 1.54) is 12.0 Å². The van der Waals surface area contributed by atoms with Gasteiger partial charge in [-0.3, -0.25) is 4.79 Å². The lowest BCUT2D eigenvalue weighted by molar-refractivity contribution is -0.127. The van der Waals surface area contributed by atoms with Gasteiger partial charge in [0.2, 0.25) is 0 Å². The van der Waals surface area contributed by atoms with Gasteiger partial charge in [0.25, 0.3) is 5.91 Å². The first kappa shape index (κ1) is 13.5. The molecule has 0 N–H and O–H groups in total. The Bertz CT molecular complexity index is 480. The van der Waals surface area contributed by atoms with E-state index in [0.29, 0.717) is 17.9 Å². The minimum atomic E-state index is -0.456. The first-order chi connectivity index (χ1) is 9.15. The lowest BCUT2D eigenvalue weighted by Crippen LogP contribution is -2.36. The van der Waals surface area contributed by atoms with Gasteiger partial charge in [-0.25, -0.2) is 4.79 Å². The molecule has 1 aromatic carbocycles. The van der Waals surface area contributed by atoms with Crippen LogP contribution in [0.1, 0.15) is 23.2 Å². The number of benzene rings is 1. The molecule has 5 nitrogen and oxygen atoms in total. The van der Waals surface area contributed by atoms with E-state index in [0.717, 1.165) is 12.8 Å². The van der Waals surface area contributed by atoms with Gasteiger partial charge in [0.1, 0.15) is 6.10 Å². The third-order valence-electron chi connectivity index (χ3n) is 3.21. The lowest BCUT2D eigenvalue weighted by atomic mass is 10.1. The highest BCUT2D eigenvalue weighted by Crippen LogP contribution is 2.23. The van der Waals surface area contributed by atoms with Crippen molar-refractivity contribution in [1.29, 1.82) is 0 Å². The lowest BCUT2D eigenvalue weighted by Gasteiger charge is -2.22. The summed E-state index contributed by atoms with van der Waals surface area (Å²) in [7, 11) is 2.97. The second kappa shape index (κ2) is 5.84. The Morgan fingerprint density at radius 3 is 2.74 bits per heavy atom. The van der Waals surface area contributed by atoms with Gasteiger partial charge >= 0.3 is 5.97 Å². The van der Waals surface area contributed by atoms with E-state index >= 15 is 0 Å². The molecule has 102 valence electrons. The van der Waals surface area contributed by atoms with Gasteiger partial charge in [-0.2, -0.15) is 0 Å². The number of nitrogens with zero attached hydrogens (tertiary/aromatic N) is 1. The highest BCUT2D eigenvalue weighted by molar-refractivity contribution is 6.03. The summed E-state index contributed by atoms with van der Waals surface area (Å²) in [6.45, 7) is 0.614. The van der Waals surface area contributed by atoms with Gasteiger partial charge in [0, 0.05) is 13.7 Å². The van der Waals surface area contributed by atoms with Crippen LogP contribution in [0.2, 0.25) is 0 Å². The van der Waals surface area contributed by atoms with Crippen molar-refractivity contribution in [1.82, 2.24) is 0 Å². The summed E-state index contributed by atoms with van der Waals surface area (Å²) in [5, 5.41) is 0. The van der Waals surface area contributed by atoms with Crippen molar-refractivity contribution in [2.45, 2.75) is 18.9 Å². The Labute approximate surface area is 112 Å². The number of methoxy groups -OCH3 is 1. The van der Waals surface area contributed by atoms with Crippen LogP contribution in [-0.4, -0.2) is 38.7 Å². The molecule has 1 saturated heterocycles. The largest absolute Gasteiger partial charge is 0.465 e. The summed E-state index contributed by atoms with van der Waals surface area (Å²) in [4.78, 5) is 25.4. The van der Waals surface area contributed by atoms with Gasteiger partial charge in [-0.1, -0.05) is 12.1 Å². The SMILES string of the molecule is COC(=O)c1ccccc1N(C)C(=O)C1CCCO1. The van der Waals surface area contributed by atoms with E-state index < -0.39 is 12.1 Å². The Kier molecular flexibility index (Phi) is 4.16. The van der Waals surface area contributed by atoms with Gasteiger partial charge in [-0.05, 0) is 25.0 Å². The fourth-order valence-corrected chi connectivity index (χ4v) is 2.16. The molecule has 0 radical (unpaired) electrons. The number of amides is 1. The zero-order chi connectivity index (χ0) is 13.8. The van der Waals surface area contributed by atoms with Crippen LogP contribution in [-0.2, 0) is 14.3 Å². The van der Waals surface area contributed by atoms with E-state index in [2.05, 4.69) is 0 Å². The molecule has 1 heterocycles. The molecule has 2 rings (SSSR count). The minimum Gasteiger partial charge on any atom is -0.465 e. The number of para-hydroxylation sites is 1. The van der Waals surface area contributed by atoms with Crippen molar-refractivity contribution < 1.29 is 19.1 Å². The molecule has 1 fully saturated rings. The van der Waals surface area contributed by atoms with Crippen molar-refractivity contribution in [3.05, 3.63) is 29.8 Å². The number of anilines is 1. The second-order valence-electron chi connectivity index (χ2n) is 4.41. The normalized spacial score (nSPS) is 18.1. The molecule has 1 aromatic rings. The molecule has 1 aliphatic rings. The van der Waals surface area contributed by atoms with Crippen LogP contribution in [0.5, 0.6) is 0 Å². The summed E-state index contributed by atoms with van der Waals surface area (Å²) in [5.41, 5.74) is 0.911. The summed E-state index contributed by atoms with van der Waals surface area (Å²) in [6.07, 6.45) is 1.21. The fourth-order valence-electron chi connectivity index (χ4n) is 2.16. The average Bonchev–Trinajstić information content (AvgIpc) is 2.99. The van der Waals surface area contributed by atoms with Gasteiger partial charge < -0.3 is 14.4 Å². The van der Waals surface area contributed by atoms with Crippen LogP contribution in [0.25, 0.3) is 0 Å². The van der Waals surface area contributed by atoms with E-state index in [1.54, 1.807) is 31.3 Å². The van der Waals surface area contributed by atoms with Crippen LogP contribution in [0, 0.1) is 0 Å². The standard InChI is InChI=1S/C14H17NO4/c1-15(13(16)12-8-5-9-19-12)11-7-4-3-6-10(11)14(17)18-2/h3-4,6-7,12H,5,8-9H2,1-2H3. The van der Waals surface area contributed by atoms with Crippen LogP contribution in [0.4, 0.5) is 5.69 Å². The molecule has 0 saturated carbocycles. The minimum absolute atomic E-state index is 0.131. The van der Waals surface area contributed by atoms with Gasteiger partial charge in [0.15, 0.2) is 0 Å². The summed E-state index contributed by atoms with van der Waals surface area (Å²) in [5.74, 6) is -0.587. The number of rotatable bonds is 3. The Balaban J connectivity index is 2.25. The van der Waals surface area contributed by atoms with Crippen molar-refractivity contribution >= 4 is 17.6 Å². The van der Waals surface area contributed by atoms with E-state index in [4.69, 9.17) is 9.47 Å². The molecular weight excluding hydrogens is 246 g/mol. The monoisotopic (exact) mass is 263 g/mol. The molecule has 1 amide bonds. The third kappa shape index (κ3) is 2.76. The van der Waals surface area contributed by atoms with Crippen molar-refractivity contribution in [2.75, 3.05) is 25.7 Å². The molecule has 5 heteroatoms. The number of hydrogen-bond acceptors (Lipinski definition) is 4. The number of likely N-dealkylation sites (N-methyl/N-ethyl adjacent to an activating group) is 1. The number of carbonyl (C=O) groups excluding carboxylic acids is 2. The fraction of sp³-hybridized carbons (Fsp3) is 0.429. The molecule has 1 aliphatic heterocycles. The van der Waals surface area contributed by atoms with E-state index in [9.17, 15) is 9.59 Å². The maximum absolute atomic E-state index is 12.3. The van der Waals surface area contributed by atoms with E-state index in [1.807, 2.05) is 0 Å². The van der Waals surface area contributed by atoms with Crippen LogP contribution >= 0.6 is 0 Å². The average molecular weight is 263 g/mol. The Hall–Kier alpha value is -1.88. The molecule has 0 aliphatic carbocycles. The molecular formula is C14H17NO4.